The van der Waals surface area contributed by atoms with Crippen LogP contribution in [0.2, 0.25) is 0 Å². The Kier molecular flexibility index (Phi) is 16.7. The summed E-state index contributed by atoms with van der Waals surface area (Å²) < 4.78 is 56.7. The molecule has 12 heteroatoms. The molecule has 0 aromatic heterocycles. The lowest BCUT2D eigenvalue weighted by atomic mass is 10.4. The van der Waals surface area contributed by atoms with Gasteiger partial charge in [-0.15, -0.1) is 0 Å². The minimum atomic E-state index is -3.58. The molecule has 0 bridgehead atoms. The molecule has 0 saturated carbocycles. The molecular weight excluding hydrogens is 438 g/mol. The highest BCUT2D eigenvalue weighted by Crippen LogP contribution is 2.51. The molecule has 0 aliphatic heterocycles. The van der Waals surface area contributed by atoms with E-state index in [1.807, 2.05) is 13.8 Å². The third kappa shape index (κ3) is 15.2. The summed E-state index contributed by atoms with van der Waals surface area (Å²) in [6.45, 7) is 7.12. The fourth-order valence-electron chi connectivity index (χ4n) is 2.10. The monoisotopic (exact) mass is 474 g/mol. The van der Waals surface area contributed by atoms with E-state index in [1.165, 1.54) is 6.92 Å². The van der Waals surface area contributed by atoms with Crippen molar-refractivity contribution < 1.29 is 46.3 Å². The van der Waals surface area contributed by atoms with Gasteiger partial charge in [0, 0.05) is 6.61 Å². The summed E-state index contributed by atoms with van der Waals surface area (Å²) in [6.07, 6.45) is 1.41. The van der Waals surface area contributed by atoms with E-state index in [2.05, 4.69) is 0 Å². The average Bonchev–Trinajstić information content (AvgIpc) is 2.71. The van der Waals surface area contributed by atoms with Crippen LogP contribution in [0, 0.1) is 0 Å². The van der Waals surface area contributed by atoms with E-state index in [0.29, 0.717) is 25.9 Å². The van der Waals surface area contributed by atoms with Gasteiger partial charge in [-0.2, -0.15) is 0 Å². The van der Waals surface area contributed by atoms with Gasteiger partial charge < -0.3 is 23.0 Å². The van der Waals surface area contributed by atoms with Crippen molar-refractivity contribution in [3.8, 4) is 0 Å². The lowest BCUT2D eigenvalue weighted by molar-refractivity contribution is -0.145. The summed E-state index contributed by atoms with van der Waals surface area (Å²) in [6, 6.07) is 0. The molecule has 0 aromatic rings. The van der Waals surface area contributed by atoms with Crippen LogP contribution in [-0.4, -0.2) is 70.3 Å². The van der Waals surface area contributed by atoms with Gasteiger partial charge in [-0.3, -0.25) is 18.4 Å². The fraction of sp³-hybridized carbons (Fsp3) is 0.889. The van der Waals surface area contributed by atoms with Gasteiger partial charge in [0.05, 0.1) is 38.8 Å². The molecule has 0 aliphatic rings. The molecule has 0 aliphatic carbocycles. The van der Waals surface area contributed by atoms with E-state index < -0.39 is 27.8 Å². The largest absolute Gasteiger partial charge is 0.464 e. The van der Waals surface area contributed by atoms with Gasteiger partial charge in [0.2, 0.25) is 0 Å². The first kappa shape index (κ1) is 29.4. The molecule has 0 radical (unpaired) electrons. The zero-order valence-corrected chi connectivity index (χ0v) is 20.3. The van der Waals surface area contributed by atoms with Crippen LogP contribution in [0.4, 0.5) is 0 Å². The van der Waals surface area contributed by atoms with Crippen molar-refractivity contribution >= 4 is 26.9 Å². The number of carbonyl (C=O) groups is 2. The molecule has 0 rings (SSSR count). The number of hydrogen-bond acceptors (Lipinski definition) is 10. The Morgan fingerprint density at radius 1 is 0.733 bits per heavy atom. The zero-order valence-electron chi connectivity index (χ0n) is 18.5. The summed E-state index contributed by atoms with van der Waals surface area (Å²) in [5, 5.41) is 0. The van der Waals surface area contributed by atoms with Gasteiger partial charge >= 0.3 is 21.2 Å². The molecular formula is C18H36O10P2. The molecule has 10 nitrogen and oxygen atoms in total. The van der Waals surface area contributed by atoms with Crippen molar-refractivity contribution in [2.45, 2.75) is 47.0 Å². The molecule has 178 valence electrons. The summed E-state index contributed by atoms with van der Waals surface area (Å²) >= 11 is 0. The van der Waals surface area contributed by atoms with Crippen LogP contribution >= 0.6 is 15.2 Å². The zero-order chi connectivity index (χ0) is 22.9. The lowest BCUT2D eigenvalue weighted by Gasteiger charge is -2.20. The first-order valence-electron chi connectivity index (χ1n) is 10.2. The quantitative estimate of drug-likeness (QED) is 0.146. The highest BCUT2D eigenvalue weighted by molar-refractivity contribution is 7.54. The van der Waals surface area contributed by atoms with Crippen molar-refractivity contribution in [3.05, 3.63) is 0 Å². The standard InChI is InChI=1S/C18H36O10P2/c1-5-10-25-29(21,27-15-17(4)19)13-8-9-14-30(22,26-12-11-23-6-2)28-16-18(20)24-7-3/h5-16H2,1-4H3. The third-order valence-electron chi connectivity index (χ3n) is 3.47. The number of rotatable bonds is 20. The van der Waals surface area contributed by atoms with E-state index >= 15 is 0 Å². The Labute approximate surface area is 179 Å². The number of ether oxygens (including phenoxy) is 2. The second-order valence-corrected chi connectivity index (χ2v) is 10.7. The lowest BCUT2D eigenvalue weighted by Crippen LogP contribution is -2.14. The maximum atomic E-state index is 12.9. The minimum absolute atomic E-state index is 0.0129. The van der Waals surface area contributed by atoms with Crippen LogP contribution in [0.3, 0.4) is 0 Å². The van der Waals surface area contributed by atoms with Gasteiger partial charge in [-0.1, -0.05) is 6.92 Å². The van der Waals surface area contributed by atoms with Crippen LogP contribution in [-0.2, 0) is 46.3 Å². The predicted molar refractivity (Wildman–Crippen MR) is 112 cm³/mol. The van der Waals surface area contributed by atoms with Gasteiger partial charge in [0.25, 0.3) is 0 Å². The second-order valence-electron chi connectivity index (χ2n) is 6.29. The van der Waals surface area contributed by atoms with Crippen molar-refractivity contribution in [2.24, 2.45) is 0 Å². The van der Waals surface area contributed by atoms with E-state index in [1.54, 1.807) is 6.92 Å². The van der Waals surface area contributed by atoms with Crippen LogP contribution in [0.1, 0.15) is 47.0 Å². The Bertz CT molecular complexity index is 581. The molecule has 0 saturated heterocycles. The summed E-state index contributed by atoms with van der Waals surface area (Å²) in [7, 11) is -7.01. The first-order valence-corrected chi connectivity index (χ1v) is 13.6. The Balaban J connectivity index is 4.72. The molecule has 0 aromatic carbocycles. The molecule has 0 heterocycles. The maximum Gasteiger partial charge on any atom is 0.332 e. The van der Waals surface area contributed by atoms with E-state index in [4.69, 9.17) is 27.6 Å². The first-order chi connectivity index (χ1) is 14.2. The second kappa shape index (κ2) is 17.0. The van der Waals surface area contributed by atoms with Crippen molar-refractivity contribution in [3.63, 3.8) is 0 Å². The maximum absolute atomic E-state index is 12.9. The number of esters is 1. The van der Waals surface area contributed by atoms with Crippen LogP contribution in [0.5, 0.6) is 0 Å². The van der Waals surface area contributed by atoms with Gasteiger partial charge in [0.15, 0.2) is 12.4 Å². The fourth-order valence-corrected chi connectivity index (χ4v) is 5.48. The molecule has 0 amide bonds. The number of Topliss-reactive ketones (excluding diaryl/α,β-unsaturated/α-hetero) is 1. The smallest absolute Gasteiger partial charge is 0.332 e. The van der Waals surface area contributed by atoms with Gasteiger partial charge in [-0.05, 0) is 40.0 Å². The topological polar surface area (TPSA) is 124 Å². The third-order valence-corrected chi connectivity index (χ3v) is 7.40. The van der Waals surface area contributed by atoms with E-state index in [-0.39, 0.29) is 51.1 Å². The summed E-state index contributed by atoms with van der Waals surface area (Å²) in [5.41, 5.74) is 0. The molecule has 0 spiro atoms. The van der Waals surface area contributed by atoms with Crippen molar-refractivity contribution in [1.29, 1.82) is 0 Å². The molecule has 2 unspecified atom stereocenters. The SMILES string of the molecule is CCCOP(=O)(CCCCP(=O)(OCCOCC)OCC(=O)OCC)OCC(C)=O. The Hall–Kier alpha value is -0.600. The van der Waals surface area contributed by atoms with Gasteiger partial charge in [-0.25, -0.2) is 4.79 Å². The molecule has 0 N–H and O–H groups in total. The highest BCUT2D eigenvalue weighted by atomic mass is 31.2. The Morgan fingerprint density at radius 2 is 1.30 bits per heavy atom. The minimum Gasteiger partial charge on any atom is -0.464 e. The number of unbranched alkanes of at least 4 members (excludes halogenated alkanes) is 1. The Morgan fingerprint density at radius 3 is 1.80 bits per heavy atom. The van der Waals surface area contributed by atoms with E-state index in [0.717, 1.165) is 0 Å². The molecule has 30 heavy (non-hydrogen) atoms. The number of hydrogen-bond donors (Lipinski definition) is 0. The molecule has 2 atom stereocenters. The number of ketones is 1. The average molecular weight is 474 g/mol. The van der Waals surface area contributed by atoms with E-state index in [9.17, 15) is 18.7 Å². The van der Waals surface area contributed by atoms with Crippen LogP contribution in [0.15, 0.2) is 0 Å². The summed E-state index contributed by atoms with van der Waals surface area (Å²) in [5.74, 6) is -0.892. The van der Waals surface area contributed by atoms with Gasteiger partial charge in [0.1, 0.15) is 6.61 Å². The van der Waals surface area contributed by atoms with Crippen molar-refractivity contribution in [2.75, 3.05) is 58.6 Å². The predicted octanol–water partition coefficient (Wildman–Crippen LogP) is 3.82. The molecule has 0 fully saturated rings. The number of carbonyl (C=O) groups excluding carboxylic acids is 2. The van der Waals surface area contributed by atoms with Crippen LogP contribution in [0.25, 0.3) is 0 Å². The highest BCUT2D eigenvalue weighted by Gasteiger charge is 2.28. The normalized spacial score (nSPS) is 15.3. The summed E-state index contributed by atoms with van der Waals surface area (Å²) in [4.78, 5) is 22.6. The van der Waals surface area contributed by atoms with Crippen LogP contribution < -0.4 is 0 Å². The van der Waals surface area contributed by atoms with Crippen molar-refractivity contribution in [1.82, 2.24) is 0 Å².